The predicted molar refractivity (Wildman–Crippen MR) is 87.5 cm³/mol. The quantitative estimate of drug-likeness (QED) is 0.795. The fourth-order valence-corrected chi connectivity index (χ4v) is 3.35. The van der Waals surface area contributed by atoms with Crippen LogP contribution in [0.4, 0.5) is 0 Å². The van der Waals surface area contributed by atoms with E-state index in [0.717, 1.165) is 12.8 Å². The van der Waals surface area contributed by atoms with Gasteiger partial charge in [0, 0.05) is 12.0 Å². The number of ether oxygens (including phenoxy) is 1. The van der Waals surface area contributed by atoms with Crippen molar-refractivity contribution in [2.75, 3.05) is 6.61 Å². The standard InChI is InChI=1S/C15H19Cl2N3O2/c16-9-5-11-14(20-12(6-21)19-11)15(13(9)17)22-7-8-3-1-2-4-10(8)18/h5,8,10,21H,1-4,6-7,18H2,(H,19,20). The first-order chi connectivity index (χ1) is 10.6. The number of nitrogens with two attached hydrogens (primary N) is 1. The minimum atomic E-state index is -0.184. The van der Waals surface area contributed by atoms with Crippen LogP contribution in [-0.4, -0.2) is 27.7 Å². The van der Waals surface area contributed by atoms with Crippen LogP contribution in [0.1, 0.15) is 31.5 Å². The van der Waals surface area contributed by atoms with Crippen LogP contribution in [0.5, 0.6) is 5.75 Å². The summed E-state index contributed by atoms with van der Waals surface area (Å²) >= 11 is 12.4. The molecule has 0 amide bonds. The SMILES string of the molecule is NC1CCCCC1COc1c(Cl)c(Cl)cc2[nH]c(CO)nc12. The number of aromatic amines is 1. The van der Waals surface area contributed by atoms with Gasteiger partial charge in [-0.25, -0.2) is 4.98 Å². The van der Waals surface area contributed by atoms with Gasteiger partial charge in [0.1, 0.15) is 23.0 Å². The molecular formula is C15H19Cl2N3O2. The van der Waals surface area contributed by atoms with Gasteiger partial charge in [-0.05, 0) is 18.9 Å². The van der Waals surface area contributed by atoms with Crippen molar-refractivity contribution in [3.63, 3.8) is 0 Å². The smallest absolute Gasteiger partial charge is 0.167 e. The van der Waals surface area contributed by atoms with E-state index in [4.69, 9.17) is 33.7 Å². The second kappa shape index (κ2) is 6.62. The molecule has 0 radical (unpaired) electrons. The van der Waals surface area contributed by atoms with Gasteiger partial charge in [0.2, 0.25) is 0 Å². The second-order valence-electron chi connectivity index (χ2n) is 5.76. The number of H-pyrrole nitrogens is 1. The first-order valence-corrected chi connectivity index (χ1v) is 8.21. The maximum absolute atomic E-state index is 9.22. The summed E-state index contributed by atoms with van der Waals surface area (Å²) in [5.41, 5.74) is 7.44. The molecule has 7 heteroatoms. The largest absolute Gasteiger partial charge is 0.489 e. The molecule has 1 fully saturated rings. The summed E-state index contributed by atoms with van der Waals surface area (Å²) in [7, 11) is 0. The molecule has 4 N–H and O–H groups in total. The minimum Gasteiger partial charge on any atom is -0.489 e. The normalized spacial score (nSPS) is 22.2. The third kappa shape index (κ3) is 3.04. The van der Waals surface area contributed by atoms with Crippen molar-refractivity contribution >= 4 is 34.2 Å². The third-order valence-corrected chi connectivity index (χ3v) is 5.01. The first kappa shape index (κ1) is 15.9. The van der Waals surface area contributed by atoms with E-state index in [1.165, 1.54) is 12.8 Å². The van der Waals surface area contributed by atoms with Gasteiger partial charge in [0.05, 0.1) is 17.1 Å². The molecule has 1 aromatic carbocycles. The monoisotopic (exact) mass is 343 g/mol. The summed E-state index contributed by atoms with van der Waals surface area (Å²) in [6, 6.07) is 1.85. The lowest BCUT2D eigenvalue weighted by Gasteiger charge is -2.28. The molecule has 1 aliphatic carbocycles. The van der Waals surface area contributed by atoms with Gasteiger partial charge in [0.15, 0.2) is 5.75 Å². The summed E-state index contributed by atoms with van der Waals surface area (Å²) in [6.45, 7) is 0.314. The maximum atomic E-state index is 9.22. The molecule has 0 saturated heterocycles. The van der Waals surface area contributed by atoms with Crippen LogP contribution in [0.3, 0.4) is 0 Å². The van der Waals surface area contributed by atoms with Crippen molar-refractivity contribution in [1.29, 1.82) is 0 Å². The zero-order chi connectivity index (χ0) is 15.7. The number of imidazole rings is 1. The molecule has 2 atom stereocenters. The van der Waals surface area contributed by atoms with Crippen molar-refractivity contribution < 1.29 is 9.84 Å². The summed E-state index contributed by atoms with van der Waals surface area (Å²) < 4.78 is 5.94. The van der Waals surface area contributed by atoms with Crippen LogP contribution in [0.25, 0.3) is 11.0 Å². The van der Waals surface area contributed by atoms with Gasteiger partial charge in [-0.3, -0.25) is 0 Å². The molecule has 0 bridgehead atoms. The van der Waals surface area contributed by atoms with Crippen LogP contribution in [-0.2, 0) is 6.61 Å². The summed E-state index contributed by atoms with van der Waals surface area (Å²) in [6.07, 6.45) is 4.45. The van der Waals surface area contributed by atoms with E-state index in [9.17, 15) is 5.11 Å². The molecule has 1 saturated carbocycles. The van der Waals surface area contributed by atoms with E-state index >= 15 is 0 Å². The zero-order valence-corrected chi connectivity index (χ0v) is 13.6. The molecule has 0 spiro atoms. The Morgan fingerprint density at radius 2 is 2.14 bits per heavy atom. The molecule has 1 aliphatic rings. The first-order valence-electron chi connectivity index (χ1n) is 7.46. The van der Waals surface area contributed by atoms with Gasteiger partial charge in [0.25, 0.3) is 0 Å². The van der Waals surface area contributed by atoms with Gasteiger partial charge in [-0.1, -0.05) is 36.0 Å². The van der Waals surface area contributed by atoms with Crippen molar-refractivity contribution in [2.24, 2.45) is 11.7 Å². The lowest BCUT2D eigenvalue weighted by molar-refractivity contribution is 0.189. The Morgan fingerprint density at radius 1 is 1.36 bits per heavy atom. The van der Waals surface area contributed by atoms with E-state index in [1.807, 2.05) is 0 Å². The Balaban J connectivity index is 1.88. The highest BCUT2D eigenvalue weighted by atomic mass is 35.5. The molecule has 5 nitrogen and oxygen atoms in total. The van der Waals surface area contributed by atoms with Crippen molar-refractivity contribution in [3.05, 3.63) is 21.9 Å². The van der Waals surface area contributed by atoms with Crippen LogP contribution in [0.2, 0.25) is 10.0 Å². The average Bonchev–Trinajstić information content (AvgIpc) is 2.92. The molecule has 2 unspecified atom stereocenters. The number of rotatable bonds is 4. The molecule has 3 rings (SSSR count). The molecular weight excluding hydrogens is 325 g/mol. The van der Waals surface area contributed by atoms with Gasteiger partial charge in [-0.2, -0.15) is 0 Å². The summed E-state index contributed by atoms with van der Waals surface area (Å²) in [5.74, 6) is 1.22. The second-order valence-corrected chi connectivity index (χ2v) is 6.54. The predicted octanol–water partition coefficient (Wildman–Crippen LogP) is 3.26. The van der Waals surface area contributed by atoms with Crippen molar-refractivity contribution in [2.45, 2.75) is 38.3 Å². The Morgan fingerprint density at radius 3 is 2.86 bits per heavy atom. The Kier molecular flexibility index (Phi) is 4.78. The van der Waals surface area contributed by atoms with E-state index in [0.29, 0.717) is 45.2 Å². The van der Waals surface area contributed by atoms with E-state index in [1.54, 1.807) is 6.07 Å². The highest BCUT2D eigenvalue weighted by Crippen LogP contribution is 2.39. The Bertz CT molecular complexity index is 674. The van der Waals surface area contributed by atoms with Crippen molar-refractivity contribution in [3.8, 4) is 5.75 Å². The number of aliphatic hydroxyl groups is 1. The molecule has 120 valence electrons. The van der Waals surface area contributed by atoms with Crippen LogP contribution < -0.4 is 10.5 Å². The van der Waals surface area contributed by atoms with Gasteiger partial charge < -0.3 is 20.6 Å². The number of hydrogen-bond donors (Lipinski definition) is 3. The van der Waals surface area contributed by atoms with Gasteiger partial charge in [-0.15, -0.1) is 0 Å². The number of hydrogen-bond acceptors (Lipinski definition) is 4. The number of halogens is 2. The number of aromatic nitrogens is 2. The minimum absolute atomic E-state index is 0.161. The molecule has 0 aliphatic heterocycles. The average molecular weight is 344 g/mol. The van der Waals surface area contributed by atoms with E-state index in [-0.39, 0.29) is 12.6 Å². The molecule has 1 aromatic heterocycles. The third-order valence-electron chi connectivity index (χ3n) is 4.24. The number of aliphatic hydroxyl groups excluding tert-OH is 1. The lowest BCUT2D eigenvalue weighted by atomic mass is 9.86. The van der Waals surface area contributed by atoms with Crippen LogP contribution in [0, 0.1) is 5.92 Å². The molecule has 2 aromatic rings. The fourth-order valence-electron chi connectivity index (χ4n) is 2.96. The maximum Gasteiger partial charge on any atom is 0.167 e. The van der Waals surface area contributed by atoms with Crippen molar-refractivity contribution in [1.82, 2.24) is 9.97 Å². The van der Waals surface area contributed by atoms with Crippen LogP contribution >= 0.6 is 23.2 Å². The molecule has 22 heavy (non-hydrogen) atoms. The number of fused-ring (bicyclic) bond motifs is 1. The topological polar surface area (TPSA) is 84.2 Å². The highest BCUT2D eigenvalue weighted by molar-refractivity contribution is 6.44. The zero-order valence-electron chi connectivity index (χ0n) is 12.1. The Labute approximate surface area is 138 Å². The van der Waals surface area contributed by atoms with Crippen LogP contribution in [0.15, 0.2) is 6.07 Å². The number of nitrogens with zero attached hydrogens (tertiary/aromatic N) is 1. The van der Waals surface area contributed by atoms with Gasteiger partial charge >= 0.3 is 0 Å². The Hall–Kier alpha value is -1.01. The highest BCUT2D eigenvalue weighted by Gasteiger charge is 2.24. The number of benzene rings is 1. The summed E-state index contributed by atoms with van der Waals surface area (Å²) in [5, 5.41) is 9.96. The van der Waals surface area contributed by atoms with E-state index < -0.39 is 0 Å². The molecule has 1 heterocycles. The lowest BCUT2D eigenvalue weighted by Crippen LogP contribution is -2.36. The number of nitrogens with one attached hydrogen (secondary N) is 1. The van der Waals surface area contributed by atoms with E-state index in [2.05, 4.69) is 9.97 Å². The summed E-state index contributed by atoms with van der Waals surface area (Å²) in [4.78, 5) is 7.30. The fraction of sp³-hybridized carbons (Fsp3) is 0.533.